The van der Waals surface area contributed by atoms with Gasteiger partial charge in [0.15, 0.2) is 0 Å². The molecule has 0 radical (unpaired) electrons. The van der Waals surface area contributed by atoms with Crippen molar-refractivity contribution in [3.05, 3.63) is 34.1 Å². The van der Waals surface area contributed by atoms with E-state index in [1.54, 1.807) is 12.3 Å². The van der Waals surface area contributed by atoms with Gasteiger partial charge in [-0.3, -0.25) is 15.1 Å². The molecule has 0 fully saturated rings. The zero-order chi connectivity index (χ0) is 12.0. The standard InChI is InChI=1S/C11H17N3O2/c1-3-6-12-9(2)8-10-11(14(15)16)5-4-7-13-10/h4-5,7,9,12H,3,6,8H2,1-2H3. The summed E-state index contributed by atoms with van der Waals surface area (Å²) in [4.78, 5) is 14.4. The number of pyridine rings is 1. The van der Waals surface area contributed by atoms with Gasteiger partial charge in [-0.2, -0.15) is 0 Å². The van der Waals surface area contributed by atoms with Crippen LogP contribution in [0.25, 0.3) is 0 Å². The SMILES string of the molecule is CCCNC(C)Cc1ncccc1[N+](=O)[O-]. The fourth-order valence-corrected chi connectivity index (χ4v) is 1.51. The van der Waals surface area contributed by atoms with Crippen LogP contribution in [0.15, 0.2) is 18.3 Å². The topological polar surface area (TPSA) is 68.1 Å². The van der Waals surface area contributed by atoms with Crippen LogP contribution in [0.2, 0.25) is 0 Å². The summed E-state index contributed by atoms with van der Waals surface area (Å²) in [5, 5.41) is 14.0. The van der Waals surface area contributed by atoms with Gasteiger partial charge in [-0.15, -0.1) is 0 Å². The van der Waals surface area contributed by atoms with E-state index in [0.29, 0.717) is 12.1 Å². The zero-order valence-electron chi connectivity index (χ0n) is 9.64. The molecule has 16 heavy (non-hydrogen) atoms. The average Bonchev–Trinajstić information content (AvgIpc) is 2.27. The van der Waals surface area contributed by atoms with Crippen molar-refractivity contribution in [2.75, 3.05) is 6.54 Å². The van der Waals surface area contributed by atoms with Crippen molar-refractivity contribution in [1.82, 2.24) is 10.3 Å². The smallest absolute Gasteiger partial charge is 0.290 e. The minimum Gasteiger partial charge on any atom is -0.314 e. The third-order valence-electron chi connectivity index (χ3n) is 2.31. The van der Waals surface area contributed by atoms with Crippen molar-refractivity contribution in [1.29, 1.82) is 0 Å². The first-order valence-electron chi connectivity index (χ1n) is 5.46. The van der Waals surface area contributed by atoms with Gasteiger partial charge in [0.1, 0.15) is 5.69 Å². The lowest BCUT2D eigenvalue weighted by Gasteiger charge is -2.12. The van der Waals surface area contributed by atoms with Gasteiger partial charge in [0.2, 0.25) is 0 Å². The number of aromatic nitrogens is 1. The summed E-state index contributed by atoms with van der Waals surface area (Å²) in [6.45, 7) is 5.01. The summed E-state index contributed by atoms with van der Waals surface area (Å²) in [6, 6.07) is 3.29. The van der Waals surface area contributed by atoms with E-state index in [-0.39, 0.29) is 16.7 Å². The fraction of sp³-hybridized carbons (Fsp3) is 0.545. The fourth-order valence-electron chi connectivity index (χ4n) is 1.51. The molecule has 0 amide bonds. The number of nitro groups is 1. The number of nitrogens with zero attached hydrogens (tertiary/aromatic N) is 2. The molecule has 0 spiro atoms. The van der Waals surface area contributed by atoms with E-state index in [0.717, 1.165) is 13.0 Å². The van der Waals surface area contributed by atoms with Crippen molar-refractivity contribution < 1.29 is 4.92 Å². The summed E-state index contributed by atoms with van der Waals surface area (Å²) in [7, 11) is 0. The first-order valence-corrected chi connectivity index (χ1v) is 5.46. The van der Waals surface area contributed by atoms with E-state index in [9.17, 15) is 10.1 Å². The summed E-state index contributed by atoms with van der Waals surface area (Å²) in [6.07, 6.45) is 3.22. The van der Waals surface area contributed by atoms with Crippen LogP contribution in [-0.4, -0.2) is 22.5 Å². The van der Waals surface area contributed by atoms with Gasteiger partial charge < -0.3 is 5.32 Å². The van der Waals surface area contributed by atoms with Crippen LogP contribution >= 0.6 is 0 Å². The lowest BCUT2D eigenvalue weighted by molar-refractivity contribution is -0.386. The predicted octanol–water partition coefficient (Wildman–Crippen LogP) is 1.92. The molecule has 1 heterocycles. The predicted molar refractivity (Wildman–Crippen MR) is 62.4 cm³/mol. The molecule has 1 atom stereocenters. The summed E-state index contributed by atoms with van der Waals surface area (Å²) in [5.41, 5.74) is 0.649. The molecule has 0 aliphatic carbocycles. The highest BCUT2D eigenvalue weighted by molar-refractivity contribution is 5.34. The van der Waals surface area contributed by atoms with Crippen molar-refractivity contribution >= 4 is 5.69 Å². The van der Waals surface area contributed by atoms with Gasteiger partial charge >= 0.3 is 0 Å². The molecule has 1 aromatic heterocycles. The number of nitrogens with one attached hydrogen (secondary N) is 1. The van der Waals surface area contributed by atoms with Crippen LogP contribution in [0.3, 0.4) is 0 Å². The quantitative estimate of drug-likeness (QED) is 0.591. The van der Waals surface area contributed by atoms with Crippen LogP contribution in [0, 0.1) is 10.1 Å². The minimum atomic E-state index is -0.380. The minimum absolute atomic E-state index is 0.104. The van der Waals surface area contributed by atoms with E-state index >= 15 is 0 Å². The second-order valence-electron chi connectivity index (χ2n) is 3.79. The van der Waals surface area contributed by atoms with E-state index in [2.05, 4.69) is 17.2 Å². The van der Waals surface area contributed by atoms with Gasteiger partial charge in [-0.1, -0.05) is 6.92 Å². The van der Waals surface area contributed by atoms with Crippen LogP contribution < -0.4 is 5.32 Å². The second-order valence-corrected chi connectivity index (χ2v) is 3.79. The molecule has 88 valence electrons. The Morgan fingerprint density at radius 1 is 1.62 bits per heavy atom. The molecule has 1 aromatic rings. The third-order valence-corrected chi connectivity index (χ3v) is 2.31. The Balaban J connectivity index is 2.69. The zero-order valence-corrected chi connectivity index (χ0v) is 9.64. The molecule has 1 unspecified atom stereocenters. The van der Waals surface area contributed by atoms with Gasteiger partial charge in [0, 0.05) is 24.7 Å². The van der Waals surface area contributed by atoms with Gasteiger partial charge in [0.25, 0.3) is 5.69 Å². The van der Waals surface area contributed by atoms with E-state index < -0.39 is 0 Å². The van der Waals surface area contributed by atoms with Crippen LogP contribution in [0.5, 0.6) is 0 Å². The van der Waals surface area contributed by atoms with Gasteiger partial charge in [-0.05, 0) is 26.0 Å². The number of rotatable bonds is 6. The molecule has 1 N–H and O–H groups in total. The monoisotopic (exact) mass is 223 g/mol. The Hall–Kier alpha value is -1.49. The Morgan fingerprint density at radius 3 is 3.00 bits per heavy atom. The highest BCUT2D eigenvalue weighted by atomic mass is 16.6. The molecule has 0 saturated heterocycles. The van der Waals surface area contributed by atoms with Crippen molar-refractivity contribution in [2.24, 2.45) is 0 Å². The van der Waals surface area contributed by atoms with Gasteiger partial charge in [-0.25, -0.2) is 0 Å². The van der Waals surface area contributed by atoms with E-state index in [1.807, 2.05) is 6.92 Å². The molecule has 0 saturated carbocycles. The normalized spacial score (nSPS) is 12.4. The second kappa shape index (κ2) is 6.17. The third kappa shape index (κ3) is 3.58. The highest BCUT2D eigenvalue weighted by Crippen LogP contribution is 2.16. The Bertz CT molecular complexity index is 355. The Labute approximate surface area is 95.0 Å². The first kappa shape index (κ1) is 12.6. The Kier molecular flexibility index (Phi) is 4.85. The lowest BCUT2D eigenvalue weighted by atomic mass is 10.1. The maximum absolute atomic E-state index is 10.8. The molecule has 1 rings (SSSR count). The molecular formula is C11H17N3O2. The van der Waals surface area contributed by atoms with Crippen LogP contribution in [0.1, 0.15) is 26.0 Å². The molecule has 0 aromatic carbocycles. The number of hydrogen-bond donors (Lipinski definition) is 1. The maximum Gasteiger partial charge on any atom is 0.290 e. The van der Waals surface area contributed by atoms with Crippen molar-refractivity contribution in [3.63, 3.8) is 0 Å². The summed E-state index contributed by atoms with van der Waals surface area (Å²) < 4.78 is 0. The first-order chi connectivity index (χ1) is 7.65. The van der Waals surface area contributed by atoms with E-state index in [1.165, 1.54) is 6.07 Å². The molecule has 0 bridgehead atoms. The van der Waals surface area contributed by atoms with Crippen LogP contribution in [-0.2, 0) is 6.42 Å². The van der Waals surface area contributed by atoms with Crippen molar-refractivity contribution in [3.8, 4) is 0 Å². The van der Waals surface area contributed by atoms with Gasteiger partial charge in [0.05, 0.1) is 4.92 Å². The maximum atomic E-state index is 10.8. The highest BCUT2D eigenvalue weighted by Gasteiger charge is 2.15. The largest absolute Gasteiger partial charge is 0.314 e. The lowest BCUT2D eigenvalue weighted by Crippen LogP contribution is -2.29. The number of hydrogen-bond acceptors (Lipinski definition) is 4. The van der Waals surface area contributed by atoms with E-state index in [4.69, 9.17) is 0 Å². The molecule has 5 heteroatoms. The summed E-state index contributed by atoms with van der Waals surface area (Å²) >= 11 is 0. The molecule has 5 nitrogen and oxygen atoms in total. The van der Waals surface area contributed by atoms with Crippen LogP contribution in [0.4, 0.5) is 5.69 Å². The summed E-state index contributed by atoms with van der Waals surface area (Å²) in [5.74, 6) is 0. The Morgan fingerprint density at radius 2 is 2.38 bits per heavy atom. The average molecular weight is 223 g/mol. The van der Waals surface area contributed by atoms with Crippen molar-refractivity contribution in [2.45, 2.75) is 32.7 Å². The molecule has 0 aliphatic rings. The molecular weight excluding hydrogens is 206 g/mol. The molecule has 0 aliphatic heterocycles.